The highest BCUT2D eigenvalue weighted by Gasteiger charge is 2.22. The van der Waals surface area contributed by atoms with Crippen LogP contribution in [0.15, 0.2) is 47.7 Å². The maximum Gasteiger partial charge on any atom is 0.225 e. The lowest BCUT2D eigenvalue weighted by molar-refractivity contribution is 0.255. The Balaban J connectivity index is 0.00000256. The molecule has 7 nitrogen and oxygen atoms in total. The zero-order valence-corrected chi connectivity index (χ0v) is 20.0. The van der Waals surface area contributed by atoms with E-state index in [1.807, 2.05) is 18.5 Å². The summed E-state index contributed by atoms with van der Waals surface area (Å²) in [5, 5.41) is 3.47. The maximum atomic E-state index is 4.92. The Morgan fingerprint density at radius 2 is 1.80 bits per heavy atom. The molecule has 0 radical (unpaired) electrons. The van der Waals surface area contributed by atoms with Gasteiger partial charge in [0.25, 0.3) is 0 Å². The van der Waals surface area contributed by atoms with E-state index in [0.717, 1.165) is 77.1 Å². The molecule has 3 heterocycles. The highest BCUT2D eigenvalue weighted by atomic mass is 127. The number of guanidine groups is 1. The first-order valence-corrected chi connectivity index (χ1v) is 10.7. The molecule has 1 fully saturated rings. The molecule has 1 aromatic heterocycles. The molecule has 1 saturated heterocycles. The number of anilines is 2. The first-order chi connectivity index (χ1) is 14.3. The van der Waals surface area contributed by atoms with Gasteiger partial charge in [0.1, 0.15) is 0 Å². The fourth-order valence-corrected chi connectivity index (χ4v) is 4.06. The number of aromatic nitrogens is 2. The van der Waals surface area contributed by atoms with Crippen LogP contribution in [0.4, 0.5) is 11.6 Å². The third kappa shape index (κ3) is 5.60. The Bertz CT molecular complexity index is 806. The molecular formula is C22H32IN7. The Kier molecular flexibility index (Phi) is 8.68. The van der Waals surface area contributed by atoms with Gasteiger partial charge in [0.05, 0.1) is 0 Å². The van der Waals surface area contributed by atoms with Gasteiger partial charge >= 0.3 is 0 Å². The second-order valence-corrected chi connectivity index (χ2v) is 7.50. The van der Waals surface area contributed by atoms with Crippen LogP contribution in [0.1, 0.15) is 18.9 Å². The Morgan fingerprint density at radius 3 is 2.57 bits per heavy atom. The largest absolute Gasteiger partial charge is 0.356 e. The number of hydrogen-bond donors (Lipinski definition) is 1. The average Bonchev–Trinajstić information content (AvgIpc) is 3.21. The molecule has 30 heavy (non-hydrogen) atoms. The minimum atomic E-state index is 0. The summed E-state index contributed by atoms with van der Waals surface area (Å²) in [7, 11) is 0. The van der Waals surface area contributed by atoms with E-state index in [-0.39, 0.29) is 24.0 Å². The Hall–Kier alpha value is -1.94. The quantitative estimate of drug-likeness (QED) is 0.273. The van der Waals surface area contributed by atoms with Gasteiger partial charge in [0, 0.05) is 70.4 Å². The molecule has 1 N–H and O–H groups in total. The molecule has 0 amide bonds. The average molecular weight is 521 g/mol. The van der Waals surface area contributed by atoms with Gasteiger partial charge < -0.3 is 15.1 Å². The van der Waals surface area contributed by atoms with Crippen LogP contribution in [-0.2, 0) is 6.42 Å². The number of halogens is 1. The van der Waals surface area contributed by atoms with E-state index in [4.69, 9.17) is 4.99 Å². The summed E-state index contributed by atoms with van der Waals surface area (Å²) in [5.41, 5.74) is 2.71. The van der Waals surface area contributed by atoms with Gasteiger partial charge in [0.15, 0.2) is 5.96 Å². The van der Waals surface area contributed by atoms with E-state index in [1.165, 1.54) is 11.3 Å². The lowest BCUT2D eigenvalue weighted by Gasteiger charge is -2.34. The number of para-hydroxylation sites is 1. The third-order valence-corrected chi connectivity index (χ3v) is 5.58. The highest BCUT2D eigenvalue weighted by molar-refractivity contribution is 14.0. The highest BCUT2D eigenvalue weighted by Crippen LogP contribution is 2.27. The monoisotopic (exact) mass is 521 g/mol. The van der Waals surface area contributed by atoms with Crippen LogP contribution in [-0.4, -0.2) is 73.2 Å². The summed E-state index contributed by atoms with van der Waals surface area (Å²) in [6.07, 6.45) is 5.79. The van der Waals surface area contributed by atoms with Crippen molar-refractivity contribution in [3.8, 4) is 0 Å². The predicted molar refractivity (Wildman–Crippen MR) is 134 cm³/mol. The van der Waals surface area contributed by atoms with E-state index in [1.54, 1.807) is 0 Å². The number of piperazine rings is 1. The summed E-state index contributed by atoms with van der Waals surface area (Å²) in [6, 6.07) is 10.5. The van der Waals surface area contributed by atoms with Crippen LogP contribution in [0.5, 0.6) is 0 Å². The summed E-state index contributed by atoms with van der Waals surface area (Å²) >= 11 is 0. The van der Waals surface area contributed by atoms with Crippen molar-refractivity contribution in [3.05, 3.63) is 48.3 Å². The van der Waals surface area contributed by atoms with Crippen LogP contribution >= 0.6 is 24.0 Å². The number of hydrogen-bond acceptors (Lipinski definition) is 5. The zero-order valence-electron chi connectivity index (χ0n) is 17.7. The van der Waals surface area contributed by atoms with Gasteiger partial charge in [-0.05, 0) is 37.5 Å². The van der Waals surface area contributed by atoms with Crippen molar-refractivity contribution in [1.82, 2.24) is 20.2 Å². The Morgan fingerprint density at radius 1 is 1.03 bits per heavy atom. The first kappa shape index (κ1) is 22.7. The lowest BCUT2D eigenvalue weighted by Crippen LogP contribution is -2.47. The SMILES string of the molecule is CCNC(=NCCCN1CCN(c2ncccn2)CC1)N1CCc2ccccc21.I. The second kappa shape index (κ2) is 11.5. The normalized spacial score (nSPS) is 16.9. The van der Waals surface area contributed by atoms with E-state index in [0.29, 0.717) is 0 Å². The smallest absolute Gasteiger partial charge is 0.225 e. The molecule has 0 unspecified atom stereocenters. The summed E-state index contributed by atoms with van der Waals surface area (Å²) in [6.45, 7) is 10.1. The van der Waals surface area contributed by atoms with Gasteiger partial charge in [-0.2, -0.15) is 0 Å². The molecule has 2 aliphatic rings. The third-order valence-electron chi connectivity index (χ3n) is 5.58. The maximum absolute atomic E-state index is 4.92. The molecule has 0 spiro atoms. The lowest BCUT2D eigenvalue weighted by atomic mass is 10.2. The molecule has 2 aromatic rings. The van der Waals surface area contributed by atoms with Crippen molar-refractivity contribution in [3.63, 3.8) is 0 Å². The van der Waals surface area contributed by atoms with Crippen LogP contribution in [0.25, 0.3) is 0 Å². The van der Waals surface area contributed by atoms with Crippen molar-refractivity contribution >= 4 is 41.6 Å². The molecule has 1 aromatic carbocycles. The van der Waals surface area contributed by atoms with Crippen molar-refractivity contribution < 1.29 is 0 Å². The fraction of sp³-hybridized carbons (Fsp3) is 0.500. The molecule has 2 aliphatic heterocycles. The predicted octanol–water partition coefficient (Wildman–Crippen LogP) is 2.63. The van der Waals surface area contributed by atoms with Crippen molar-refractivity contribution in [2.24, 2.45) is 4.99 Å². The van der Waals surface area contributed by atoms with E-state index >= 15 is 0 Å². The number of fused-ring (bicyclic) bond motifs is 1. The molecular weight excluding hydrogens is 489 g/mol. The molecule has 162 valence electrons. The fourth-order valence-electron chi connectivity index (χ4n) is 4.06. The van der Waals surface area contributed by atoms with Gasteiger partial charge in [-0.3, -0.25) is 9.89 Å². The van der Waals surface area contributed by atoms with Crippen LogP contribution in [0, 0.1) is 0 Å². The standard InChI is InChI=1S/C22H31N7.HI/c1-2-23-22(29-14-9-19-7-3-4-8-20(19)29)26-12-6-13-27-15-17-28(18-16-27)21-24-10-5-11-25-21;/h3-5,7-8,10-11H,2,6,9,12-18H2,1H3,(H,23,26);1H. The van der Waals surface area contributed by atoms with Gasteiger partial charge in [0.2, 0.25) is 5.95 Å². The summed E-state index contributed by atoms with van der Waals surface area (Å²) in [4.78, 5) is 20.8. The number of aliphatic imine (C=N–C) groups is 1. The number of rotatable bonds is 6. The minimum absolute atomic E-state index is 0. The minimum Gasteiger partial charge on any atom is -0.356 e. The van der Waals surface area contributed by atoms with E-state index < -0.39 is 0 Å². The van der Waals surface area contributed by atoms with Crippen LogP contribution < -0.4 is 15.1 Å². The Labute approximate surface area is 196 Å². The zero-order chi connectivity index (χ0) is 19.9. The van der Waals surface area contributed by atoms with Crippen molar-refractivity contribution in [2.75, 3.05) is 62.2 Å². The first-order valence-electron chi connectivity index (χ1n) is 10.7. The molecule has 0 aliphatic carbocycles. The van der Waals surface area contributed by atoms with Crippen LogP contribution in [0.3, 0.4) is 0 Å². The topological polar surface area (TPSA) is 59.9 Å². The number of nitrogens with one attached hydrogen (secondary N) is 1. The molecule has 0 atom stereocenters. The van der Waals surface area contributed by atoms with E-state index in [9.17, 15) is 0 Å². The molecule has 0 saturated carbocycles. The second-order valence-electron chi connectivity index (χ2n) is 7.50. The molecule has 4 rings (SSSR count). The summed E-state index contributed by atoms with van der Waals surface area (Å²) in [5.74, 6) is 1.86. The number of benzene rings is 1. The van der Waals surface area contributed by atoms with Gasteiger partial charge in [-0.1, -0.05) is 18.2 Å². The van der Waals surface area contributed by atoms with Crippen LogP contribution in [0.2, 0.25) is 0 Å². The number of nitrogens with zero attached hydrogens (tertiary/aromatic N) is 6. The molecule has 0 bridgehead atoms. The van der Waals surface area contributed by atoms with Gasteiger partial charge in [-0.25, -0.2) is 9.97 Å². The van der Waals surface area contributed by atoms with Crippen molar-refractivity contribution in [1.29, 1.82) is 0 Å². The summed E-state index contributed by atoms with van der Waals surface area (Å²) < 4.78 is 0. The van der Waals surface area contributed by atoms with E-state index in [2.05, 4.69) is 61.2 Å². The van der Waals surface area contributed by atoms with Gasteiger partial charge in [-0.15, -0.1) is 24.0 Å². The van der Waals surface area contributed by atoms with Crippen molar-refractivity contribution in [2.45, 2.75) is 19.8 Å². The molecule has 8 heteroatoms.